The number of carbonyl (C=O) groups excluding carboxylic acids is 3. The fourth-order valence-electron chi connectivity index (χ4n) is 5.00. The molecule has 2 aliphatic rings. The van der Waals surface area contributed by atoms with Crippen LogP contribution >= 0.6 is 34.5 Å². The van der Waals surface area contributed by atoms with Crippen LogP contribution in [0.4, 0.5) is 0 Å². The van der Waals surface area contributed by atoms with Gasteiger partial charge >= 0.3 is 0 Å². The molecule has 3 aromatic rings. The molecule has 0 saturated carbocycles. The van der Waals surface area contributed by atoms with Gasteiger partial charge in [-0.1, -0.05) is 55.2 Å². The van der Waals surface area contributed by atoms with Crippen molar-refractivity contribution >= 4 is 72.4 Å². The van der Waals surface area contributed by atoms with Crippen LogP contribution < -0.4 is 5.32 Å². The Bertz CT molecular complexity index is 1570. The molecule has 3 heterocycles. The first-order valence-corrected chi connectivity index (χ1v) is 16.3. The molecule has 2 fully saturated rings. The van der Waals surface area contributed by atoms with E-state index >= 15 is 0 Å². The van der Waals surface area contributed by atoms with Gasteiger partial charge in [0.05, 0.1) is 9.90 Å². The molecule has 3 atom stereocenters. The molecule has 3 amide bonds. The molecule has 218 valence electrons. The summed E-state index contributed by atoms with van der Waals surface area (Å²) in [6.45, 7) is 5.19. The normalized spacial score (nSPS) is 19.8. The van der Waals surface area contributed by atoms with Gasteiger partial charge in [-0.2, -0.15) is 4.31 Å². The number of hydrogen-bond donors (Lipinski definition) is 1. The summed E-state index contributed by atoms with van der Waals surface area (Å²) in [6, 6.07) is 12.2. The van der Waals surface area contributed by atoms with E-state index in [1.807, 2.05) is 44.2 Å². The van der Waals surface area contributed by atoms with Gasteiger partial charge in [-0.25, -0.2) is 8.42 Å². The molecule has 1 N–H and O–H groups in total. The molecule has 1 aromatic heterocycles. The van der Waals surface area contributed by atoms with Crippen LogP contribution in [0.3, 0.4) is 0 Å². The Morgan fingerprint density at radius 3 is 2.34 bits per heavy atom. The first kappa shape index (κ1) is 29.8. The number of nitrogens with zero attached hydrogens (tertiary/aromatic N) is 3. The Hall–Kier alpha value is -2.70. The summed E-state index contributed by atoms with van der Waals surface area (Å²) < 4.78 is 28.1. The Kier molecular flexibility index (Phi) is 8.63. The van der Waals surface area contributed by atoms with Crippen molar-refractivity contribution in [3.63, 3.8) is 0 Å². The predicted octanol–water partition coefficient (Wildman–Crippen LogP) is 4.10. The molecular formula is C28H30Cl2N4O5S2. The lowest BCUT2D eigenvalue weighted by atomic mass is 10.0. The fraction of sp³-hybridized carbons (Fsp3) is 0.393. The molecule has 2 unspecified atom stereocenters. The summed E-state index contributed by atoms with van der Waals surface area (Å²) in [5.74, 6) is -0.600. The highest BCUT2D eigenvalue weighted by Crippen LogP contribution is 2.34. The Morgan fingerprint density at radius 1 is 1.00 bits per heavy atom. The smallest absolute Gasteiger partial charge is 0.262 e. The van der Waals surface area contributed by atoms with Gasteiger partial charge in [-0.3, -0.25) is 14.4 Å². The zero-order valence-corrected chi connectivity index (χ0v) is 25.7. The highest BCUT2D eigenvalue weighted by molar-refractivity contribution is 7.89. The van der Waals surface area contributed by atoms with Crippen molar-refractivity contribution in [2.75, 3.05) is 32.7 Å². The number of nitrogens with one attached hydrogen (secondary N) is 1. The van der Waals surface area contributed by atoms with Gasteiger partial charge in [0.2, 0.25) is 21.8 Å². The summed E-state index contributed by atoms with van der Waals surface area (Å²) in [6.07, 6.45) is 0.483. The minimum Gasteiger partial charge on any atom is -0.340 e. The summed E-state index contributed by atoms with van der Waals surface area (Å²) in [5.41, 5.74) is 0. The lowest BCUT2D eigenvalue weighted by Crippen LogP contribution is -2.56. The van der Waals surface area contributed by atoms with Crippen molar-refractivity contribution in [2.24, 2.45) is 5.92 Å². The number of fused-ring (bicyclic) bond motifs is 1. The summed E-state index contributed by atoms with van der Waals surface area (Å²) in [5, 5.41) is 4.23. The van der Waals surface area contributed by atoms with Crippen LogP contribution in [0, 0.1) is 5.92 Å². The number of rotatable bonds is 8. The van der Waals surface area contributed by atoms with Gasteiger partial charge in [0.1, 0.15) is 17.0 Å². The van der Waals surface area contributed by atoms with Crippen molar-refractivity contribution in [2.45, 2.75) is 37.2 Å². The van der Waals surface area contributed by atoms with Crippen LogP contribution in [0.1, 0.15) is 29.9 Å². The topological polar surface area (TPSA) is 107 Å². The van der Waals surface area contributed by atoms with Crippen molar-refractivity contribution in [3.8, 4) is 0 Å². The van der Waals surface area contributed by atoms with E-state index in [0.29, 0.717) is 29.4 Å². The second kappa shape index (κ2) is 11.9. The zero-order valence-electron chi connectivity index (χ0n) is 22.5. The number of benzene rings is 2. The minimum absolute atomic E-state index is 0.00174. The molecule has 0 bridgehead atoms. The number of halogens is 2. The van der Waals surface area contributed by atoms with E-state index in [0.717, 1.165) is 14.4 Å². The van der Waals surface area contributed by atoms with E-state index in [1.54, 1.807) is 9.80 Å². The number of sulfonamides is 1. The van der Waals surface area contributed by atoms with Gasteiger partial charge in [0.25, 0.3) is 5.91 Å². The van der Waals surface area contributed by atoms with Crippen LogP contribution in [-0.4, -0.2) is 85.1 Å². The van der Waals surface area contributed by atoms with Crippen LogP contribution in [0.25, 0.3) is 10.1 Å². The quantitative estimate of drug-likeness (QED) is 0.375. The second-order valence-corrected chi connectivity index (χ2v) is 14.4. The van der Waals surface area contributed by atoms with Crippen LogP contribution in [-0.2, 0) is 19.6 Å². The highest BCUT2D eigenvalue weighted by atomic mass is 35.5. The molecule has 41 heavy (non-hydrogen) atoms. The Balaban J connectivity index is 1.19. The third-order valence-corrected chi connectivity index (χ3v) is 10.9. The van der Waals surface area contributed by atoms with E-state index in [2.05, 4.69) is 5.32 Å². The number of thiophene rings is 1. The van der Waals surface area contributed by atoms with Gasteiger partial charge in [-0.05, 0) is 48.1 Å². The van der Waals surface area contributed by atoms with Crippen LogP contribution in [0.15, 0.2) is 53.4 Å². The monoisotopic (exact) mass is 636 g/mol. The lowest BCUT2D eigenvalue weighted by Gasteiger charge is -2.37. The second-order valence-electron chi connectivity index (χ2n) is 10.6. The van der Waals surface area contributed by atoms with E-state index in [1.165, 1.54) is 29.5 Å². The van der Waals surface area contributed by atoms with E-state index < -0.39 is 22.1 Å². The maximum Gasteiger partial charge on any atom is 0.262 e. The van der Waals surface area contributed by atoms with E-state index in [-0.39, 0.29) is 53.2 Å². The molecule has 0 spiro atoms. The first-order chi connectivity index (χ1) is 19.5. The molecule has 0 radical (unpaired) electrons. The molecule has 2 saturated heterocycles. The van der Waals surface area contributed by atoms with Crippen molar-refractivity contribution < 1.29 is 22.8 Å². The third-order valence-electron chi connectivity index (χ3n) is 7.20. The van der Waals surface area contributed by atoms with Crippen molar-refractivity contribution in [1.82, 2.24) is 19.4 Å². The zero-order chi connectivity index (χ0) is 29.5. The number of carbonyl (C=O) groups is 3. The summed E-state index contributed by atoms with van der Waals surface area (Å²) in [4.78, 5) is 43.4. The minimum atomic E-state index is -3.94. The molecule has 5 rings (SSSR count). The molecule has 13 heteroatoms. The molecule has 0 aliphatic carbocycles. The fourth-order valence-corrected chi connectivity index (χ4v) is 8.22. The van der Waals surface area contributed by atoms with Crippen molar-refractivity contribution in [3.05, 3.63) is 63.5 Å². The summed E-state index contributed by atoms with van der Waals surface area (Å²) in [7, 11) is -3.94. The standard InChI is InChI=1S/C28H30Cl2N4O5S2/c1-17(2)13-21(31-26(35)24-14-18-5-3-4-6-23(18)40-24)27(36)32-9-11-33(12-10-32)28(37)22-16-34(22)41(38,39)25-8-7-19(29)15-20(25)30/h3-8,14-15,17,21-22H,9-13,16H2,1-2H3,(H,31,35)/t21-,22?,34?/m0/s1. The molecule has 9 nitrogen and oxygen atoms in total. The third kappa shape index (κ3) is 6.39. The summed E-state index contributed by atoms with van der Waals surface area (Å²) >= 11 is 13.4. The van der Waals surface area contributed by atoms with Crippen molar-refractivity contribution in [1.29, 1.82) is 0 Å². The molecule has 2 aromatic carbocycles. The number of amides is 3. The predicted molar refractivity (Wildman–Crippen MR) is 160 cm³/mol. The van der Waals surface area contributed by atoms with Crippen LogP contribution in [0.5, 0.6) is 0 Å². The average Bonchev–Trinajstić information content (AvgIpc) is 3.63. The first-order valence-electron chi connectivity index (χ1n) is 13.3. The lowest BCUT2D eigenvalue weighted by molar-refractivity contribution is -0.140. The van der Waals surface area contributed by atoms with Gasteiger partial charge in [0, 0.05) is 42.4 Å². The van der Waals surface area contributed by atoms with Gasteiger partial charge in [-0.15, -0.1) is 11.3 Å². The largest absolute Gasteiger partial charge is 0.340 e. The number of hydrogen-bond acceptors (Lipinski definition) is 6. The average molecular weight is 638 g/mol. The Morgan fingerprint density at radius 2 is 1.68 bits per heavy atom. The maximum atomic E-state index is 13.5. The van der Waals surface area contributed by atoms with Crippen LogP contribution in [0.2, 0.25) is 10.0 Å². The van der Waals surface area contributed by atoms with Gasteiger partial charge in [0.15, 0.2) is 0 Å². The van der Waals surface area contributed by atoms with E-state index in [4.69, 9.17) is 23.2 Å². The SMILES string of the molecule is CC(C)C[C@H](NC(=O)c1cc2ccccc2s1)C(=O)N1CCN(C(=O)C2CN2S(=O)(=O)c2ccc(Cl)cc2Cl)CC1. The Labute approximate surface area is 253 Å². The maximum absolute atomic E-state index is 13.5. The highest BCUT2D eigenvalue weighted by Gasteiger charge is 2.51. The number of piperazine rings is 1. The molecular weight excluding hydrogens is 607 g/mol. The molecule has 2 aliphatic heterocycles. The van der Waals surface area contributed by atoms with E-state index in [9.17, 15) is 22.8 Å². The van der Waals surface area contributed by atoms with Gasteiger partial charge < -0.3 is 15.1 Å².